The highest BCUT2D eigenvalue weighted by atomic mass is 35.5. The summed E-state index contributed by atoms with van der Waals surface area (Å²) >= 11 is 13.8. The van der Waals surface area contributed by atoms with Gasteiger partial charge >= 0.3 is 0 Å². The fraction of sp³-hybridized carbons (Fsp3) is 0.750. The minimum Gasteiger partial charge on any atom is -0.379 e. The maximum absolute atomic E-state index is 6.14. The Morgan fingerprint density at radius 1 is 1.44 bits per heavy atom. The van der Waals surface area contributed by atoms with Gasteiger partial charge in [0.1, 0.15) is 0 Å². The third-order valence-electron chi connectivity index (χ3n) is 2.67. The fourth-order valence-corrected chi connectivity index (χ4v) is 2.67. The molecule has 0 aliphatic carbocycles. The number of thiazole rings is 1. The summed E-state index contributed by atoms with van der Waals surface area (Å²) in [6.45, 7) is 5.02. The second-order valence-corrected chi connectivity index (χ2v) is 6.38. The Hall–Kier alpha value is 0.130. The van der Waals surface area contributed by atoms with E-state index in [9.17, 15) is 0 Å². The normalized spacial score (nSPS) is 16.5. The number of nitrogens with two attached hydrogens (primary N) is 1. The standard InChI is InChI=1S/C12H20Cl2N2OS/c1-3-10(13)12(15)11(14)6-17-5-4-9-7-18-8(2)16-9/h7,10-12H,3-6,15H2,1-2H3. The molecule has 0 fully saturated rings. The average molecular weight is 311 g/mol. The molecule has 0 spiro atoms. The van der Waals surface area contributed by atoms with Crippen LogP contribution in [0.25, 0.3) is 0 Å². The van der Waals surface area contributed by atoms with Gasteiger partial charge in [-0.05, 0) is 13.3 Å². The third kappa shape index (κ3) is 5.41. The van der Waals surface area contributed by atoms with Crippen LogP contribution in [0.1, 0.15) is 24.0 Å². The van der Waals surface area contributed by atoms with Crippen molar-refractivity contribution < 1.29 is 4.74 Å². The van der Waals surface area contributed by atoms with Crippen molar-refractivity contribution in [3.8, 4) is 0 Å². The Bertz CT molecular complexity index is 349. The number of ether oxygens (including phenoxy) is 1. The SMILES string of the molecule is CCC(Cl)C(N)C(Cl)COCCc1csc(C)n1. The molecule has 104 valence electrons. The number of hydrogen-bond donors (Lipinski definition) is 1. The van der Waals surface area contributed by atoms with Crippen LogP contribution in [0.3, 0.4) is 0 Å². The smallest absolute Gasteiger partial charge is 0.0897 e. The van der Waals surface area contributed by atoms with Gasteiger partial charge < -0.3 is 10.5 Å². The van der Waals surface area contributed by atoms with Gasteiger partial charge in [0, 0.05) is 23.2 Å². The monoisotopic (exact) mass is 310 g/mol. The van der Waals surface area contributed by atoms with Gasteiger partial charge in [-0.2, -0.15) is 0 Å². The van der Waals surface area contributed by atoms with Crippen molar-refractivity contribution >= 4 is 34.5 Å². The van der Waals surface area contributed by atoms with Gasteiger partial charge in [-0.15, -0.1) is 34.5 Å². The van der Waals surface area contributed by atoms with E-state index in [1.54, 1.807) is 11.3 Å². The molecule has 0 aliphatic heterocycles. The molecule has 3 nitrogen and oxygen atoms in total. The van der Waals surface area contributed by atoms with Gasteiger partial charge in [0.05, 0.1) is 29.3 Å². The molecule has 1 aromatic heterocycles. The lowest BCUT2D eigenvalue weighted by Gasteiger charge is -2.21. The van der Waals surface area contributed by atoms with Crippen molar-refractivity contribution in [1.29, 1.82) is 0 Å². The molecule has 1 rings (SSSR count). The van der Waals surface area contributed by atoms with Crippen molar-refractivity contribution in [2.24, 2.45) is 5.73 Å². The van der Waals surface area contributed by atoms with Crippen LogP contribution in [-0.4, -0.2) is 35.0 Å². The van der Waals surface area contributed by atoms with E-state index in [1.165, 1.54) is 0 Å². The second-order valence-electron chi connectivity index (χ2n) is 4.20. The van der Waals surface area contributed by atoms with Gasteiger partial charge in [0.2, 0.25) is 0 Å². The van der Waals surface area contributed by atoms with E-state index in [0.717, 1.165) is 23.5 Å². The molecule has 2 N–H and O–H groups in total. The van der Waals surface area contributed by atoms with Crippen LogP contribution < -0.4 is 5.73 Å². The molecule has 3 unspecified atom stereocenters. The van der Waals surface area contributed by atoms with Crippen LogP contribution in [-0.2, 0) is 11.2 Å². The first-order valence-electron chi connectivity index (χ1n) is 6.07. The molecule has 3 atom stereocenters. The molecule has 0 aromatic carbocycles. The summed E-state index contributed by atoms with van der Waals surface area (Å²) < 4.78 is 5.52. The molecule has 1 heterocycles. The van der Waals surface area contributed by atoms with Crippen LogP contribution in [0.5, 0.6) is 0 Å². The molecular weight excluding hydrogens is 291 g/mol. The zero-order valence-corrected chi connectivity index (χ0v) is 13.1. The summed E-state index contributed by atoms with van der Waals surface area (Å²) in [5.74, 6) is 0. The highest BCUT2D eigenvalue weighted by Crippen LogP contribution is 2.14. The molecule has 0 bridgehead atoms. The highest BCUT2D eigenvalue weighted by molar-refractivity contribution is 7.09. The Morgan fingerprint density at radius 3 is 2.72 bits per heavy atom. The van der Waals surface area contributed by atoms with Gasteiger partial charge in [-0.3, -0.25) is 0 Å². The molecule has 1 aromatic rings. The van der Waals surface area contributed by atoms with Crippen LogP contribution in [0.2, 0.25) is 0 Å². The third-order valence-corrected chi connectivity index (χ3v) is 4.51. The molecule has 0 aliphatic rings. The number of rotatable bonds is 8. The molecule has 18 heavy (non-hydrogen) atoms. The quantitative estimate of drug-likeness (QED) is 0.593. The van der Waals surface area contributed by atoms with E-state index in [0.29, 0.717) is 13.2 Å². The van der Waals surface area contributed by atoms with Gasteiger partial charge in [-0.25, -0.2) is 4.98 Å². The maximum Gasteiger partial charge on any atom is 0.0897 e. The molecular formula is C12H20Cl2N2OS. The van der Waals surface area contributed by atoms with E-state index < -0.39 is 0 Å². The second kappa shape index (κ2) is 8.33. The van der Waals surface area contributed by atoms with E-state index in [1.807, 2.05) is 13.8 Å². The molecule has 0 saturated carbocycles. The number of nitrogens with zero attached hydrogens (tertiary/aromatic N) is 1. The van der Waals surface area contributed by atoms with Gasteiger partial charge in [0.15, 0.2) is 0 Å². The van der Waals surface area contributed by atoms with Crippen LogP contribution in [0, 0.1) is 6.92 Å². The van der Waals surface area contributed by atoms with Gasteiger partial charge in [0.25, 0.3) is 0 Å². The molecule has 0 radical (unpaired) electrons. The summed E-state index contributed by atoms with van der Waals surface area (Å²) in [6, 6.07) is -0.236. The van der Waals surface area contributed by atoms with Crippen molar-refractivity contribution in [2.45, 2.75) is 43.5 Å². The molecule has 0 saturated heterocycles. The predicted octanol–water partition coefficient (Wildman–Crippen LogP) is 2.96. The lowest BCUT2D eigenvalue weighted by Crippen LogP contribution is -2.41. The van der Waals surface area contributed by atoms with Crippen molar-refractivity contribution in [3.63, 3.8) is 0 Å². The van der Waals surface area contributed by atoms with E-state index in [4.69, 9.17) is 33.7 Å². The highest BCUT2D eigenvalue weighted by Gasteiger charge is 2.21. The van der Waals surface area contributed by atoms with Crippen molar-refractivity contribution in [2.75, 3.05) is 13.2 Å². The fourth-order valence-electron chi connectivity index (χ4n) is 1.51. The summed E-state index contributed by atoms with van der Waals surface area (Å²) in [5.41, 5.74) is 6.98. The van der Waals surface area contributed by atoms with E-state index in [-0.39, 0.29) is 16.8 Å². The van der Waals surface area contributed by atoms with Crippen LogP contribution in [0.4, 0.5) is 0 Å². The number of hydrogen-bond acceptors (Lipinski definition) is 4. The summed E-state index contributed by atoms with van der Waals surface area (Å²) in [4.78, 5) is 4.36. The van der Waals surface area contributed by atoms with Crippen molar-refractivity contribution in [3.05, 3.63) is 16.1 Å². The maximum atomic E-state index is 6.14. The summed E-state index contributed by atoms with van der Waals surface area (Å²) in [6.07, 6.45) is 1.62. The topological polar surface area (TPSA) is 48.1 Å². The van der Waals surface area contributed by atoms with E-state index in [2.05, 4.69) is 10.4 Å². The van der Waals surface area contributed by atoms with E-state index >= 15 is 0 Å². The van der Waals surface area contributed by atoms with Gasteiger partial charge in [-0.1, -0.05) is 6.92 Å². The van der Waals surface area contributed by atoms with Crippen LogP contribution in [0.15, 0.2) is 5.38 Å². The Morgan fingerprint density at radius 2 is 2.17 bits per heavy atom. The Balaban J connectivity index is 2.17. The zero-order valence-electron chi connectivity index (χ0n) is 10.7. The lowest BCUT2D eigenvalue weighted by atomic mass is 10.1. The van der Waals surface area contributed by atoms with Crippen molar-refractivity contribution in [1.82, 2.24) is 4.98 Å². The molecule has 0 amide bonds. The summed E-state index contributed by atoms with van der Waals surface area (Å²) in [5, 5.41) is 2.78. The number of aromatic nitrogens is 1. The first-order chi connectivity index (χ1) is 8.54. The predicted molar refractivity (Wildman–Crippen MR) is 78.9 cm³/mol. The zero-order chi connectivity index (χ0) is 13.5. The first kappa shape index (κ1) is 16.2. The number of alkyl halides is 2. The Labute approximate surface area is 123 Å². The summed E-state index contributed by atoms with van der Waals surface area (Å²) in [7, 11) is 0. The largest absolute Gasteiger partial charge is 0.379 e. The minimum atomic E-state index is -0.246. The molecule has 6 heteroatoms. The Kier molecular flexibility index (Phi) is 7.49. The first-order valence-corrected chi connectivity index (χ1v) is 7.82. The minimum absolute atomic E-state index is 0.0997. The average Bonchev–Trinajstić information content (AvgIpc) is 2.78. The van der Waals surface area contributed by atoms with Crippen LogP contribution >= 0.6 is 34.5 Å². The number of aryl methyl sites for hydroxylation is 1. The number of halogens is 2. The lowest BCUT2D eigenvalue weighted by molar-refractivity contribution is 0.131.